The second-order valence-electron chi connectivity index (χ2n) is 10.6. The van der Waals surface area contributed by atoms with Crippen LogP contribution >= 0.6 is 0 Å². The van der Waals surface area contributed by atoms with Crippen molar-refractivity contribution < 1.29 is 38.7 Å². The molecule has 224 valence electrons. The Kier molecular flexibility index (Phi) is 9.08. The Balaban J connectivity index is 1.45. The minimum absolute atomic E-state index is 0.0829. The lowest BCUT2D eigenvalue weighted by Crippen LogP contribution is -2.44. The van der Waals surface area contributed by atoms with Crippen LogP contribution in [0.25, 0.3) is 0 Å². The van der Waals surface area contributed by atoms with Gasteiger partial charge in [-0.25, -0.2) is 0 Å². The van der Waals surface area contributed by atoms with Crippen molar-refractivity contribution in [2.75, 3.05) is 60.3 Å². The molecule has 2 aliphatic heterocycles. The van der Waals surface area contributed by atoms with E-state index in [1.165, 1.54) is 14.2 Å². The number of likely N-dealkylation sites (N-methyl/N-ethyl adjacent to an activating group) is 1. The summed E-state index contributed by atoms with van der Waals surface area (Å²) in [6, 6.07) is 6.95. The molecule has 1 saturated heterocycles. The van der Waals surface area contributed by atoms with Crippen molar-refractivity contribution in [3.8, 4) is 28.7 Å². The molecule has 2 aromatic carbocycles. The molecule has 1 aliphatic carbocycles. The average molecular weight is 572 g/mol. The van der Waals surface area contributed by atoms with Gasteiger partial charge in [-0.1, -0.05) is 13.8 Å². The van der Waals surface area contributed by atoms with Crippen LogP contribution in [-0.2, 0) is 9.53 Å². The van der Waals surface area contributed by atoms with Crippen molar-refractivity contribution in [1.29, 1.82) is 0 Å². The zero-order valence-corrected chi connectivity index (χ0v) is 24.1. The summed E-state index contributed by atoms with van der Waals surface area (Å²) in [6.45, 7) is 8.98. The summed E-state index contributed by atoms with van der Waals surface area (Å²) in [6.07, 6.45) is -0.735. The van der Waals surface area contributed by atoms with Crippen molar-refractivity contribution in [3.05, 3.63) is 41.0 Å². The van der Waals surface area contributed by atoms with Crippen LogP contribution in [0.2, 0.25) is 0 Å². The van der Waals surface area contributed by atoms with E-state index in [1.807, 2.05) is 12.1 Å². The van der Waals surface area contributed by atoms with Crippen LogP contribution in [0.5, 0.6) is 28.7 Å². The number of rotatable bonds is 12. The number of aliphatic hydroxyl groups is 1. The monoisotopic (exact) mass is 571 g/mol. The predicted octanol–water partition coefficient (Wildman–Crippen LogP) is 2.34. The summed E-state index contributed by atoms with van der Waals surface area (Å²) in [5.74, 6) is 0.579. The molecule has 0 spiro atoms. The van der Waals surface area contributed by atoms with E-state index < -0.39 is 12.3 Å². The minimum Gasteiger partial charge on any atom is -0.502 e. The van der Waals surface area contributed by atoms with Crippen molar-refractivity contribution in [2.24, 2.45) is 11.8 Å². The Hall–Kier alpha value is -3.25. The topological polar surface area (TPSA) is 131 Å². The molecular weight excluding hydrogens is 530 g/mol. The molecule has 2 aromatic rings. The van der Waals surface area contributed by atoms with E-state index in [-0.39, 0.29) is 54.3 Å². The lowest BCUT2D eigenvalue weighted by molar-refractivity contribution is -0.122. The second kappa shape index (κ2) is 12.7. The summed E-state index contributed by atoms with van der Waals surface area (Å²) in [5.41, 5.74) is 2.53. The molecule has 0 saturated carbocycles. The molecule has 0 aromatic heterocycles. The molecule has 5 atom stereocenters. The molecule has 3 aliphatic rings. The first-order valence-electron chi connectivity index (χ1n) is 14.3. The largest absolute Gasteiger partial charge is 0.502 e. The van der Waals surface area contributed by atoms with Crippen molar-refractivity contribution >= 4 is 5.91 Å². The lowest BCUT2D eigenvalue weighted by Gasteiger charge is -2.41. The summed E-state index contributed by atoms with van der Waals surface area (Å²) in [4.78, 5) is 15.5. The number of aliphatic hydroxyl groups excluding tert-OH is 1. The third-order valence-corrected chi connectivity index (χ3v) is 8.55. The maximum Gasteiger partial charge on any atom is 0.231 e. The number of nitrogens with one attached hydrogen (secondary N) is 2. The van der Waals surface area contributed by atoms with E-state index in [4.69, 9.17) is 23.7 Å². The van der Waals surface area contributed by atoms with Gasteiger partial charge in [-0.15, -0.1) is 0 Å². The van der Waals surface area contributed by atoms with Gasteiger partial charge in [0.25, 0.3) is 0 Å². The van der Waals surface area contributed by atoms with E-state index in [0.717, 1.165) is 42.9 Å². The Morgan fingerprint density at radius 1 is 1.02 bits per heavy atom. The Labute approximate surface area is 240 Å². The first-order valence-corrected chi connectivity index (χ1v) is 14.3. The molecule has 1 amide bonds. The van der Waals surface area contributed by atoms with Gasteiger partial charge in [0.15, 0.2) is 29.3 Å². The standard InChI is InChI=1S/C30H41N3O8/c1-5-33(6-2)10-9-31-8-7-25(34)32-28-19-14-22-21(40-16-41-22)13-18(19)26(27-20(28)15-39-30(27)36)17-11-23(37-3)29(35)24(12-17)38-4/h11-14,20,26-28,30-31,35-36H,5-10,15-16H2,1-4H3,(H,32,34)/t20-,26+,27-,28+,30?/m0/s1. The van der Waals surface area contributed by atoms with E-state index in [2.05, 4.69) is 29.4 Å². The normalized spacial score (nSPS) is 24.2. The van der Waals surface area contributed by atoms with Gasteiger partial charge in [-0.05, 0) is 54.0 Å². The van der Waals surface area contributed by atoms with Crippen molar-refractivity contribution in [2.45, 2.75) is 38.5 Å². The Morgan fingerprint density at radius 2 is 1.68 bits per heavy atom. The predicted molar refractivity (Wildman–Crippen MR) is 151 cm³/mol. The number of aromatic hydroxyl groups is 1. The van der Waals surface area contributed by atoms with Gasteiger partial charge in [0.1, 0.15) is 0 Å². The first kappa shape index (κ1) is 29.2. The van der Waals surface area contributed by atoms with Crippen LogP contribution in [0, 0.1) is 11.8 Å². The Morgan fingerprint density at radius 3 is 2.32 bits per heavy atom. The van der Waals surface area contributed by atoms with Gasteiger partial charge in [0.2, 0.25) is 18.4 Å². The fraction of sp³-hybridized carbons (Fsp3) is 0.567. The van der Waals surface area contributed by atoms with E-state index in [9.17, 15) is 15.0 Å². The van der Waals surface area contributed by atoms with Crippen LogP contribution < -0.4 is 29.6 Å². The molecule has 1 unspecified atom stereocenters. The summed E-state index contributed by atoms with van der Waals surface area (Å²) < 4.78 is 28.1. The zero-order valence-electron chi connectivity index (χ0n) is 24.1. The number of nitrogens with zero attached hydrogens (tertiary/aromatic N) is 1. The van der Waals surface area contributed by atoms with Crippen LogP contribution in [0.3, 0.4) is 0 Å². The van der Waals surface area contributed by atoms with E-state index >= 15 is 0 Å². The molecular formula is C30H41N3O8. The molecule has 2 heterocycles. The van der Waals surface area contributed by atoms with Gasteiger partial charge in [0, 0.05) is 43.8 Å². The van der Waals surface area contributed by atoms with Crippen molar-refractivity contribution in [1.82, 2.24) is 15.5 Å². The maximum atomic E-state index is 13.2. The number of methoxy groups -OCH3 is 2. The van der Waals surface area contributed by atoms with E-state index in [1.54, 1.807) is 12.1 Å². The number of hydrogen-bond acceptors (Lipinski definition) is 10. The average Bonchev–Trinajstić information content (AvgIpc) is 3.60. The minimum atomic E-state index is -1.06. The maximum absolute atomic E-state index is 13.2. The highest BCUT2D eigenvalue weighted by molar-refractivity contribution is 5.77. The quantitative estimate of drug-likeness (QED) is 0.282. The molecule has 11 heteroatoms. The van der Waals surface area contributed by atoms with Crippen molar-refractivity contribution in [3.63, 3.8) is 0 Å². The number of fused-ring (bicyclic) bond motifs is 3. The van der Waals surface area contributed by atoms with E-state index in [0.29, 0.717) is 24.5 Å². The highest BCUT2D eigenvalue weighted by Gasteiger charge is 2.52. The third kappa shape index (κ3) is 5.76. The van der Waals surface area contributed by atoms with Gasteiger partial charge in [-0.2, -0.15) is 0 Å². The van der Waals surface area contributed by atoms with Gasteiger partial charge in [-0.3, -0.25) is 4.79 Å². The SMILES string of the molecule is CCN(CC)CCNCCC(=O)N[C@@H]1c2cc3c(cc2[C@@H](c2cc(OC)c(O)c(OC)c2)[C@H]2C(O)OC[C@@H]21)OCO3. The number of amides is 1. The number of carbonyl (C=O) groups is 1. The van der Waals surface area contributed by atoms with Gasteiger partial charge in [0.05, 0.1) is 26.9 Å². The van der Waals surface area contributed by atoms with Crippen LogP contribution in [-0.4, -0.2) is 87.7 Å². The molecule has 0 bridgehead atoms. The Bertz CT molecular complexity index is 1210. The highest BCUT2D eigenvalue weighted by Crippen LogP contribution is 2.56. The fourth-order valence-corrected chi connectivity index (χ4v) is 6.35. The zero-order chi connectivity index (χ0) is 29.1. The smallest absolute Gasteiger partial charge is 0.231 e. The third-order valence-electron chi connectivity index (χ3n) is 8.55. The number of ether oxygens (including phenoxy) is 5. The van der Waals surface area contributed by atoms with Crippen LogP contribution in [0.4, 0.5) is 0 Å². The molecule has 5 rings (SSSR count). The number of phenols is 1. The summed E-state index contributed by atoms with van der Waals surface area (Å²) >= 11 is 0. The number of hydrogen-bond donors (Lipinski definition) is 4. The number of carbonyl (C=O) groups excluding carboxylic acids is 1. The van der Waals surface area contributed by atoms with Crippen LogP contribution in [0.15, 0.2) is 24.3 Å². The molecule has 0 radical (unpaired) electrons. The number of benzene rings is 2. The summed E-state index contributed by atoms with van der Waals surface area (Å²) in [7, 11) is 2.96. The second-order valence-corrected chi connectivity index (χ2v) is 10.6. The number of phenolic OH excluding ortho intramolecular Hbond substituents is 1. The molecule has 41 heavy (non-hydrogen) atoms. The van der Waals surface area contributed by atoms with Gasteiger partial charge >= 0.3 is 0 Å². The lowest BCUT2D eigenvalue weighted by atomic mass is 9.65. The summed E-state index contributed by atoms with van der Waals surface area (Å²) in [5, 5.41) is 28.3. The highest BCUT2D eigenvalue weighted by atomic mass is 16.7. The molecule has 11 nitrogen and oxygen atoms in total. The molecule has 1 fully saturated rings. The fourth-order valence-electron chi connectivity index (χ4n) is 6.35. The molecule has 4 N–H and O–H groups in total. The van der Waals surface area contributed by atoms with Crippen LogP contribution in [0.1, 0.15) is 48.9 Å². The first-order chi connectivity index (χ1) is 19.9. The van der Waals surface area contributed by atoms with Gasteiger partial charge < -0.3 is 49.4 Å².